The first-order chi connectivity index (χ1) is 10.8. The van der Waals surface area contributed by atoms with Gasteiger partial charge in [-0.05, 0) is 39.2 Å². The maximum absolute atomic E-state index is 12.0. The first kappa shape index (κ1) is 19.4. The van der Waals surface area contributed by atoms with Crippen LogP contribution < -0.4 is 5.56 Å². The summed E-state index contributed by atoms with van der Waals surface area (Å²) in [5.41, 5.74) is 1.04. The Morgan fingerprint density at radius 1 is 1.29 bits per heavy atom. The van der Waals surface area contributed by atoms with Crippen molar-refractivity contribution in [1.29, 1.82) is 0 Å². The van der Waals surface area contributed by atoms with E-state index in [0.29, 0.717) is 25.0 Å². The molecule has 0 saturated carbocycles. The average molecular weight is 357 g/mol. The second-order valence-corrected chi connectivity index (χ2v) is 7.99. The third-order valence-corrected chi connectivity index (χ3v) is 4.73. The standard InChI is InChI=1S/C18H28N2O3.ClH/c1-18(2,3)23-12-15(21)11-19-8-13-7-14(10-19)16-5-4-6-17(22)20(16)9-13;/h4-6,13-15,21H,7-12H2,1-3H3;1H/t13-,14+,15?;/m1./s1. The van der Waals surface area contributed by atoms with Gasteiger partial charge in [0.15, 0.2) is 0 Å². The lowest BCUT2D eigenvalue weighted by Gasteiger charge is -2.43. The SMILES string of the molecule is CC(C)(C)OCC(O)CN1C[C@H]2C[C@@H](C1)c1cccc(=O)n1C2.Cl. The van der Waals surface area contributed by atoms with E-state index in [9.17, 15) is 9.90 Å². The summed E-state index contributed by atoms with van der Waals surface area (Å²) in [7, 11) is 0. The zero-order chi connectivity index (χ0) is 16.6. The monoisotopic (exact) mass is 356 g/mol. The lowest BCUT2D eigenvalue weighted by atomic mass is 9.83. The minimum atomic E-state index is -0.467. The molecule has 1 aromatic rings. The molecule has 1 aromatic heterocycles. The summed E-state index contributed by atoms with van der Waals surface area (Å²) in [5, 5.41) is 10.2. The largest absolute Gasteiger partial charge is 0.389 e. The highest BCUT2D eigenvalue weighted by molar-refractivity contribution is 5.85. The van der Waals surface area contributed by atoms with Gasteiger partial charge in [0.2, 0.25) is 0 Å². The summed E-state index contributed by atoms with van der Waals surface area (Å²) < 4.78 is 7.62. The van der Waals surface area contributed by atoms with Gasteiger partial charge in [0, 0.05) is 43.9 Å². The predicted molar refractivity (Wildman–Crippen MR) is 96.9 cm³/mol. The van der Waals surface area contributed by atoms with E-state index in [2.05, 4.69) is 11.0 Å². The topological polar surface area (TPSA) is 54.7 Å². The first-order valence-electron chi connectivity index (χ1n) is 8.56. The number of likely N-dealkylation sites (tertiary alicyclic amines) is 1. The maximum atomic E-state index is 12.0. The van der Waals surface area contributed by atoms with Gasteiger partial charge in [0.05, 0.1) is 18.3 Å². The summed E-state index contributed by atoms with van der Waals surface area (Å²) in [5.74, 6) is 0.893. The highest BCUT2D eigenvalue weighted by atomic mass is 35.5. The molecule has 1 saturated heterocycles. The molecule has 136 valence electrons. The summed E-state index contributed by atoms with van der Waals surface area (Å²) in [6.07, 6.45) is 0.681. The van der Waals surface area contributed by atoms with Crippen molar-refractivity contribution in [3.05, 3.63) is 34.2 Å². The van der Waals surface area contributed by atoms with Gasteiger partial charge < -0.3 is 14.4 Å². The van der Waals surface area contributed by atoms with E-state index >= 15 is 0 Å². The van der Waals surface area contributed by atoms with E-state index in [1.54, 1.807) is 6.07 Å². The molecular formula is C18H29ClN2O3. The normalized spacial score (nSPS) is 24.8. The van der Waals surface area contributed by atoms with Gasteiger partial charge in [0.1, 0.15) is 0 Å². The molecule has 1 fully saturated rings. The number of fused-ring (bicyclic) bond motifs is 4. The fraction of sp³-hybridized carbons (Fsp3) is 0.722. The van der Waals surface area contributed by atoms with Gasteiger partial charge in [-0.25, -0.2) is 0 Å². The van der Waals surface area contributed by atoms with E-state index in [1.807, 2.05) is 31.4 Å². The fourth-order valence-corrected chi connectivity index (χ4v) is 3.84. The second-order valence-electron chi connectivity index (χ2n) is 7.99. The van der Waals surface area contributed by atoms with Crippen molar-refractivity contribution in [3.63, 3.8) is 0 Å². The van der Waals surface area contributed by atoms with E-state index in [-0.39, 0.29) is 23.6 Å². The van der Waals surface area contributed by atoms with Crippen LogP contribution in [0.2, 0.25) is 0 Å². The molecule has 0 spiro atoms. The number of ether oxygens (including phenoxy) is 1. The number of aliphatic hydroxyl groups is 1. The van der Waals surface area contributed by atoms with Crippen LogP contribution >= 0.6 is 12.4 Å². The Bertz CT molecular complexity index is 611. The Balaban J connectivity index is 0.00000208. The number of pyridine rings is 1. The second kappa shape index (κ2) is 7.56. The first-order valence-corrected chi connectivity index (χ1v) is 8.56. The molecule has 2 aliphatic heterocycles. The van der Waals surface area contributed by atoms with Crippen LogP contribution in [0.25, 0.3) is 0 Å². The highest BCUT2D eigenvalue weighted by Crippen LogP contribution is 2.34. The summed E-state index contributed by atoms with van der Waals surface area (Å²) in [6.45, 7) is 9.66. The van der Waals surface area contributed by atoms with E-state index < -0.39 is 6.10 Å². The number of nitrogens with zero attached hydrogens (tertiary/aromatic N) is 2. The minimum absolute atomic E-state index is 0. The van der Waals surface area contributed by atoms with Crippen LogP contribution in [-0.2, 0) is 11.3 Å². The Morgan fingerprint density at radius 3 is 2.75 bits per heavy atom. The van der Waals surface area contributed by atoms with Gasteiger partial charge in [-0.15, -0.1) is 12.4 Å². The molecular weight excluding hydrogens is 328 g/mol. The number of hydrogen-bond donors (Lipinski definition) is 1. The van der Waals surface area contributed by atoms with Crippen LogP contribution in [0.5, 0.6) is 0 Å². The van der Waals surface area contributed by atoms with Crippen LogP contribution in [0.4, 0.5) is 0 Å². The number of aromatic nitrogens is 1. The Hall–Kier alpha value is -0.880. The molecule has 1 N–H and O–H groups in total. The minimum Gasteiger partial charge on any atom is -0.389 e. The summed E-state index contributed by atoms with van der Waals surface area (Å²) >= 11 is 0. The molecule has 6 heteroatoms. The number of halogens is 1. The molecule has 1 unspecified atom stereocenters. The zero-order valence-electron chi connectivity index (χ0n) is 14.8. The Labute approximate surface area is 150 Å². The van der Waals surface area contributed by atoms with Crippen LogP contribution in [-0.4, -0.2) is 52.5 Å². The quantitative estimate of drug-likeness (QED) is 0.894. The van der Waals surface area contributed by atoms with E-state index in [4.69, 9.17) is 4.74 Å². The van der Waals surface area contributed by atoms with Crippen molar-refractivity contribution in [1.82, 2.24) is 9.47 Å². The van der Waals surface area contributed by atoms with Gasteiger partial charge in [0.25, 0.3) is 5.56 Å². The predicted octanol–water partition coefficient (Wildman–Crippen LogP) is 1.87. The lowest BCUT2D eigenvalue weighted by molar-refractivity contribution is -0.0599. The van der Waals surface area contributed by atoms with Crippen LogP contribution in [0.3, 0.4) is 0 Å². The van der Waals surface area contributed by atoms with Crippen LogP contribution in [0.1, 0.15) is 38.8 Å². The molecule has 5 nitrogen and oxygen atoms in total. The number of rotatable bonds is 4. The van der Waals surface area contributed by atoms with E-state index in [0.717, 1.165) is 31.7 Å². The molecule has 0 radical (unpaired) electrons. The van der Waals surface area contributed by atoms with Gasteiger partial charge >= 0.3 is 0 Å². The molecule has 0 aliphatic carbocycles. The van der Waals surface area contributed by atoms with Crippen molar-refractivity contribution < 1.29 is 9.84 Å². The smallest absolute Gasteiger partial charge is 0.250 e. The average Bonchev–Trinajstić information content (AvgIpc) is 2.46. The van der Waals surface area contributed by atoms with Crippen LogP contribution in [0.15, 0.2) is 23.0 Å². The van der Waals surface area contributed by atoms with Crippen molar-refractivity contribution in [2.75, 3.05) is 26.2 Å². The van der Waals surface area contributed by atoms with Crippen molar-refractivity contribution in [3.8, 4) is 0 Å². The number of piperidine rings is 1. The van der Waals surface area contributed by atoms with Gasteiger partial charge in [-0.3, -0.25) is 9.69 Å². The van der Waals surface area contributed by atoms with E-state index in [1.165, 1.54) is 0 Å². The molecule has 0 aromatic carbocycles. The zero-order valence-corrected chi connectivity index (χ0v) is 15.6. The Kier molecular flexibility index (Phi) is 6.13. The Morgan fingerprint density at radius 2 is 2.04 bits per heavy atom. The number of β-amino-alcohol motifs (C(OH)–C–C–N with tert-alkyl or cyclic N) is 1. The molecule has 24 heavy (non-hydrogen) atoms. The van der Waals surface area contributed by atoms with Crippen molar-refractivity contribution >= 4 is 12.4 Å². The van der Waals surface area contributed by atoms with Gasteiger partial charge in [-0.2, -0.15) is 0 Å². The third kappa shape index (κ3) is 4.60. The molecule has 3 heterocycles. The third-order valence-electron chi connectivity index (χ3n) is 4.73. The highest BCUT2D eigenvalue weighted by Gasteiger charge is 2.34. The molecule has 2 bridgehead atoms. The molecule has 0 amide bonds. The molecule has 3 rings (SSSR count). The number of hydrogen-bond acceptors (Lipinski definition) is 4. The summed E-state index contributed by atoms with van der Waals surface area (Å²) in [4.78, 5) is 14.4. The molecule has 3 atom stereocenters. The van der Waals surface area contributed by atoms with Crippen LogP contribution in [0, 0.1) is 5.92 Å². The number of aliphatic hydroxyl groups excluding tert-OH is 1. The van der Waals surface area contributed by atoms with Crippen molar-refractivity contribution in [2.45, 2.75) is 51.4 Å². The van der Waals surface area contributed by atoms with Crippen molar-refractivity contribution in [2.24, 2.45) is 5.92 Å². The fourth-order valence-electron chi connectivity index (χ4n) is 3.84. The molecule has 2 aliphatic rings. The summed E-state index contributed by atoms with van der Waals surface area (Å²) in [6, 6.07) is 5.58. The lowest BCUT2D eigenvalue weighted by Crippen LogP contribution is -2.49. The maximum Gasteiger partial charge on any atom is 0.250 e. The van der Waals surface area contributed by atoms with Gasteiger partial charge in [-0.1, -0.05) is 6.07 Å².